The lowest BCUT2D eigenvalue weighted by Crippen LogP contribution is -2.51. The molecule has 0 aliphatic carbocycles. The van der Waals surface area contributed by atoms with Gasteiger partial charge in [-0.1, -0.05) is 35.0 Å². The number of guanidine groups is 1. The molecule has 0 aromatic heterocycles. The van der Waals surface area contributed by atoms with Gasteiger partial charge in [-0.25, -0.2) is 0 Å². The van der Waals surface area contributed by atoms with Crippen molar-refractivity contribution in [1.29, 1.82) is 0 Å². The van der Waals surface area contributed by atoms with Crippen molar-refractivity contribution in [1.82, 2.24) is 10.2 Å². The number of rotatable bonds is 4. The number of halogens is 1. The van der Waals surface area contributed by atoms with Crippen molar-refractivity contribution in [3.05, 3.63) is 34.3 Å². The molecule has 2 rings (SSSR count). The van der Waals surface area contributed by atoms with Crippen molar-refractivity contribution in [2.75, 3.05) is 33.9 Å². The van der Waals surface area contributed by atoms with Crippen molar-refractivity contribution in [2.45, 2.75) is 13.5 Å². The molecule has 0 radical (unpaired) electrons. The van der Waals surface area contributed by atoms with Crippen LogP contribution in [-0.4, -0.2) is 44.7 Å². The molecule has 4 nitrogen and oxygen atoms in total. The highest BCUT2D eigenvalue weighted by molar-refractivity contribution is 9.10. The fraction of sp³-hybridized carbons (Fsp3) is 0.533. The molecule has 1 aromatic rings. The molecule has 110 valence electrons. The Bertz CT molecular complexity index is 469. The van der Waals surface area contributed by atoms with E-state index in [1.165, 1.54) is 5.56 Å². The highest BCUT2D eigenvalue weighted by Gasteiger charge is 2.33. The van der Waals surface area contributed by atoms with E-state index < -0.39 is 0 Å². The van der Waals surface area contributed by atoms with Crippen LogP contribution in [0.5, 0.6) is 0 Å². The highest BCUT2D eigenvalue weighted by atomic mass is 79.9. The SMILES string of the molecule is CN=C(NCC1(C)COC1)N(C)Cc1ccc(Br)cc1. The van der Waals surface area contributed by atoms with Gasteiger partial charge in [0.2, 0.25) is 0 Å². The number of nitrogens with zero attached hydrogens (tertiary/aromatic N) is 2. The van der Waals surface area contributed by atoms with Gasteiger partial charge in [0, 0.05) is 37.1 Å². The maximum atomic E-state index is 5.27. The van der Waals surface area contributed by atoms with Gasteiger partial charge in [0.1, 0.15) is 0 Å². The molecule has 0 amide bonds. The first-order valence-corrected chi connectivity index (χ1v) is 7.56. The lowest BCUT2D eigenvalue weighted by Gasteiger charge is -2.39. The third-order valence-corrected chi connectivity index (χ3v) is 4.01. The third-order valence-electron chi connectivity index (χ3n) is 3.48. The predicted molar refractivity (Wildman–Crippen MR) is 85.9 cm³/mol. The average Bonchev–Trinajstić information content (AvgIpc) is 2.40. The van der Waals surface area contributed by atoms with Crippen LogP contribution in [0.2, 0.25) is 0 Å². The molecule has 1 saturated heterocycles. The summed E-state index contributed by atoms with van der Waals surface area (Å²) in [4.78, 5) is 6.48. The summed E-state index contributed by atoms with van der Waals surface area (Å²) in [6.45, 7) is 5.61. The quantitative estimate of drug-likeness (QED) is 0.676. The first kappa shape index (κ1) is 15.3. The van der Waals surface area contributed by atoms with Gasteiger partial charge in [-0.3, -0.25) is 4.99 Å². The Morgan fingerprint density at radius 3 is 2.55 bits per heavy atom. The fourth-order valence-electron chi connectivity index (χ4n) is 2.17. The van der Waals surface area contributed by atoms with Crippen LogP contribution in [0, 0.1) is 5.41 Å². The number of benzene rings is 1. The maximum absolute atomic E-state index is 5.27. The Labute approximate surface area is 129 Å². The van der Waals surface area contributed by atoms with Crippen molar-refractivity contribution in [2.24, 2.45) is 10.4 Å². The van der Waals surface area contributed by atoms with E-state index in [1.807, 2.05) is 7.05 Å². The molecule has 1 N–H and O–H groups in total. The Morgan fingerprint density at radius 2 is 2.05 bits per heavy atom. The molecule has 1 heterocycles. The normalized spacial score (nSPS) is 17.5. The summed E-state index contributed by atoms with van der Waals surface area (Å²) in [7, 11) is 3.87. The molecule has 0 atom stereocenters. The van der Waals surface area contributed by atoms with Gasteiger partial charge in [0.25, 0.3) is 0 Å². The van der Waals surface area contributed by atoms with Crippen LogP contribution in [-0.2, 0) is 11.3 Å². The lowest BCUT2D eigenvalue weighted by atomic mass is 9.89. The second-order valence-electron chi connectivity index (χ2n) is 5.69. The molecule has 5 heteroatoms. The number of hydrogen-bond donors (Lipinski definition) is 1. The largest absolute Gasteiger partial charge is 0.380 e. The number of ether oxygens (including phenoxy) is 1. The summed E-state index contributed by atoms with van der Waals surface area (Å²) in [6, 6.07) is 8.36. The summed E-state index contributed by atoms with van der Waals surface area (Å²) >= 11 is 3.45. The monoisotopic (exact) mass is 339 g/mol. The van der Waals surface area contributed by atoms with Crippen LogP contribution in [0.1, 0.15) is 12.5 Å². The number of nitrogens with one attached hydrogen (secondary N) is 1. The van der Waals surface area contributed by atoms with E-state index in [9.17, 15) is 0 Å². The standard InChI is InChI=1S/C15H22BrN3O/c1-15(10-20-11-15)9-18-14(17-2)19(3)8-12-4-6-13(16)7-5-12/h4-7H,8-11H2,1-3H3,(H,17,18). The number of hydrogen-bond acceptors (Lipinski definition) is 2. The van der Waals surface area contributed by atoms with Crippen LogP contribution < -0.4 is 5.32 Å². The van der Waals surface area contributed by atoms with Crippen molar-refractivity contribution < 1.29 is 4.74 Å². The minimum Gasteiger partial charge on any atom is -0.380 e. The molecular weight excluding hydrogens is 318 g/mol. The minimum absolute atomic E-state index is 0.244. The minimum atomic E-state index is 0.244. The van der Waals surface area contributed by atoms with Gasteiger partial charge in [-0.05, 0) is 17.7 Å². The zero-order valence-corrected chi connectivity index (χ0v) is 13.9. The molecule has 20 heavy (non-hydrogen) atoms. The molecular formula is C15H22BrN3O. The zero-order valence-electron chi connectivity index (χ0n) is 12.3. The highest BCUT2D eigenvalue weighted by Crippen LogP contribution is 2.25. The second kappa shape index (κ2) is 6.59. The lowest BCUT2D eigenvalue weighted by molar-refractivity contribution is -0.0972. The molecule has 1 aliphatic rings. The van der Waals surface area contributed by atoms with Crippen LogP contribution in [0.4, 0.5) is 0 Å². The molecule has 1 fully saturated rings. The van der Waals surface area contributed by atoms with E-state index >= 15 is 0 Å². The van der Waals surface area contributed by atoms with Crippen molar-refractivity contribution >= 4 is 21.9 Å². The van der Waals surface area contributed by atoms with E-state index in [2.05, 4.69) is 69.4 Å². The topological polar surface area (TPSA) is 36.9 Å². The Hall–Kier alpha value is -1.07. The van der Waals surface area contributed by atoms with Gasteiger partial charge in [0.15, 0.2) is 5.96 Å². The smallest absolute Gasteiger partial charge is 0.193 e. The molecule has 1 aliphatic heterocycles. The van der Waals surface area contributed by atoms with Gasteiger partial charge in [-0.2, -0.15) is 0 Å². The Morgan fingerprint density at radius 1 is 1.40 bits per heavy atom. The van der Waals surface area contributed by atoms with E-state index in [1.54, 1.807) is 0 Å². The van der Waals surface area contributed by atoms with Crippen LogP contribution in [0.25, 0.3) is 0 Å². The fourth-order valence-corrected chi connectivity index (χ4v) is 2.43. The Kier molecular flexibility index (Phi) is 5.05. The van der Waals surface area contributed by atoms with E-state index in [0.717, 1.165) is 36.7 Å². The van der Waals surface area contributed by atoms with Crippen molar-refractivity contribution in [3.8, 4) is 0 Å². The third kappa shape index (κ3) is 3.96. The molecule has 0 saturated carbocycles. The van der Waals surface area contributed by atoms with Gasteiger partial charge >= 0.3 is 0 Å². The zero-order chi connectivity index (χ0) is 14.6. The summed E-state index contributed by atoms with van der Waals surface area (Å²) in [5.41, 5.74) is 1.51. The first-order valence-electron chi connectivity index (χ1n) is 6.76. The second-order valence-corrected chi connectivity index (χ2v) is 6.60. The molecule has 0 spiro atoms. The Balaban J connectivity index is 1.88. The summed E-state index contributed by atoms with van der Waals surface area (Å²) < 4.78 is 6.37. The molecule has 0 unspecified atom stereocenters. The van der Waals surface area contributed by atoms with Gasteiger partial charge in [-0.15, -0.1) is 0 Å². The molecule has 1 aromatic carbocycles. The average molecular weight is 340 g/mol. The summed E-state index contributed by atoms with van der Waals surface area (Å²) in [6.07, 6.45) is 0. The van der Waals surface area contributed by atoms with E-state index in [4.69, 9.17) is 4.74 Å². The number of aliphatic imine (C=N–C) groups is 1. The van der Waals surface area contributed by atoms with Crippen LogP contribution in [0.3, 0.4) is 0 Å². The van der Waals surface area contributed by atoms with Gasteiger partial charge < -0.3 is 15.0 Å². The summed E-state index contributed by atoms with van der Waals surface area (Å²) in [5, 5.41) is 3.43. The summed E-state index contributed by atoms with van der Waals surface area (Å²) in [5.74, 6) is 0.918. The predicted octanol–water partition coefficient (Wildman–Crippen LogP) is 2.49. The van der Waals surface area contributed by atoms with E-state index in [-0.39, 0.29) is 5.41 Å². The van der Waals surface area contributed by atoms with E-state index in [0.29, 0.717) is 0 Å². The van der Waals surface area contributed by atoms with Crippen LogP contribution >= 0.6 is 15.9 Å². The first-order chi connectivity index (χ1) is 9.52. The maximum Gasteiger partial charge on any atom is 0.193 e. The van der Waals surface area contributed by atoms with Crippen LogP contribution in [0.15, 0.2) is 33.7 Å². The van der Waals surface area contributed by atoms with Crippen molar-refractivity contribution in [3.63, 3.8) is 0 Å². The van der Waals surface area contributed by atoms with Gasteiger partial charge in [0.05, 0.1) is 13.2 Å². The molecule has 0 bridgehead atoms.